The van der Waals surface area contributed by atoms with E-state index in [9.17, 15) is 4.79 Å². The van der Waals surface area contributed by atoms with Crippen LogP contribution >= 0.6 is 0 Å². The predicted molar refractivity (Wildman–Crippen MR) is 107 cm³/mol. The average molecular weight is 394 g/mol. The first-order valence-corrected chi connectivity index (χ1v) is 9.43. The van der Waals surface area contributed by atoms with Gasteiger partial charge in [0.1, 0.15) is 6.04 Å². The molecule has 7 nitrogen and oxygen atoms in total. The first-order chi connectivity index (χ1) is 14.1. The molecule has 1 unspecified atom stereocenters. The zero-order chi connectivity index (χ0) is 20.2. The highest BCUT2D eigenvalue weighted by Crippen LogP contribution is 2.36. The highest BCUT2D eigenvalue weighted by atomic mass is 16.5. The summed E-state index contributed by atoms with van der Waals surface area (Å²) in [5, 5.41) is 12.5. The number of methoxy groups -OCH3 is 1. The van der Waals surface area contributed by atoms with Crippen molar-refractivity contribution in [1.82, 2.24) is 4.98 Å². The third-order valence-corrected chi connectivity index (χ3v) is 4.87. The van der Waals surface area contributed by atoms with E-state index < -0.39 is 5.97 Å². The van der Waals surface area contributed by atoms with E-state index in [4.69, 9.17) is 19.0 Å². The van der Waals surface area contributed by atoms with Gasteiger partial charge < -0.3 is 24.3 Å². The van der Waals surface area contributed by atoms with Crippen molar-refractivity contribution in [3.05, 3.63) is 71.9 Å². The summed E-state index contributed by atoms with van der Waals surface area (Å²) >= 11 is 0. The molecule has 4 rings (SSSR count). The number of carboxylic acid groups (broad SMARTS) is 1. The van der Waals surface area contributed by atoms with E-state index in [2.05, 4.69) is 10.3 Å². The summed E-state index contributed by atoms with van der Waals surface area (Å²) in [7, 11) is 1.62. The first-order valence-electron chi connectivity index (χ1n) is 9.43. The van der Waals surface area contributed by atoms with E-state index in [0.29, 0.717) is 29.8 Å². The summed E-state index contributed by atoms with van der Waals surface area (Å²) in [4.78, 5) is 15.1. The van der Waals surface area contributed by atoms with Crippen molar-refractivity contribution in [2.45, 2.75) is 18.9 Å². The number of oxazole rings is 1. The smallest absolute Gasteiger partial charge is 0.335 e. The molecule has 0 radical (unpaired) electrons. The molecule has 2 N–H and O–H groups in total. The Balaban J connectivity index is 1.62. The number of anilines is 1. The van der Waals surface area contributed by atoms with Gasteiger partial charge in [-0.05, 0) is 60.7 Å². The lowest BCUT2D eigenvalue weighted by atomic mass is 10.0. The second kappa shape index (κ2) is 8.26. The molecule has 0 bridgehead atoms. The van der Waals surface area contributed by atoms with Crippen molar-refractivity contribution in [2.75, 3.05) is 19.0 Å². The minimum absolute atomic E-state index is 0.229. The molecule has 1 aromatic heterocycles. The summed E-state index contributed by atoms with van der Waals surface area (Å²) in [5.41, 5.74) is 1.90. The Labute approximate surface area is 168 Å². The van der Waals surface area contributed by atoms with Crippen molar-refractivity contribution >= 4 is 11.7 Å². The zero-order valence-corrected chi connectivity index (χ0v) is 16.0. The summed E-state index contributed by atoms with van der Waals surface area (Å²) in [6.07, 6.45) is 5.44. The standard InChI is InChI=1S/C22H22N2O5/c1-27-18-9-6-16(10-19(18)28-12-14-2-3-14)21(20-11-23-13-29-20)24-17-7-4-15(5-8-17)22(25)26/h4-11,13-14,21,24H,2-3,12H2,1H3,(H,25,26). The number of hydrogen-bond acceptors (Lipinski definition) is 6. The maximum Gasteiger partial charge on any atom is 0.335 e. The van der Waals surface area contributed by atoms with Gasteiger partial charge >= 0.3 is 5.97 Å². The van der Waals surface area contributed by atoms with Gasteiger partial charge in [0, 0.05) is 5.69 Å². The fourth-order valence-corrected chi connectivity index (χ4v) is 3.04. The summed E-state index contributed by atoms with van der Waals surface area (Å²) < 4.78 is 17.0. The van der Waals surface area contributed by atoms with Crippen molar-refractivity contribution in [1.29, 1.82) is 0 Å². The Morgan fingerprint density at radius 2 is 2.03 bits per heavy atom. The van der Waals surface area contributed by atoms with Gasteiger partial charge in [-0.1, -0.05) is 6.07 Å². The fourth-order valence-electron chi connectivity index (χ4n) is 3.04. The van der Waals surface area contributed by atoms with E-state index in [0.717, 1.165) is 11.3 Å². The number of aromatic carboxylic acids is 1. The molecule has 0 amide bonds. The van der Waals surface area contributed by atoms with Gasteiger partial charge in [-0.3, -0.25) is 0 Å². The number of aromatic nitrogens is 1. The van der Waals surface area contributed by atoms with Crippen molar-refractivity contribution in [3.63, 3.8) is 0 Å². The van der Waals surface area contributed by atoms with Gasteiger partial charge in [0.05, 0.1) is 25.5 Å². The molecule has 1 heterocycles. The average Bonchev–Trinajstić information content (AvgIpc) is 3.42. The highest BCUT2D eigenvalue weighted by Gasteiger charge is 2.24. The largest absolute Gasteiger partial charge is 0.493 e. The summed E-state index contributed by atoms with van der Waals surface area (Å²) in [6, 6.07) is 12.0. The Hall–Kier alpha value is -3.48. The van der Waals surface area contributed by atoms with Gasteiger partial charge in [0.25, 0.3) is 0 Å². The molecular weight excluding hydrogens is 372 g/mol. The molecule has 3 aromatic rings. The number of hydrogen-bond donors (Lipinski definition) is 2. The van der Waals surface area contributed by atoms with E-state index in [1.54, 1.807) is 37.6 Å². The van der Waals surface area contributed by atoms with Crippen molar-refractivity contribution in [3.8, 4) is 11.5 Å². The molecule has 0 aliphatic heterocycles. The molecular formula is C22H22N2O5. The lowest BCUT2D eigenvalue weighted by Gasteiger charge is -2.20. The van der Waals surface area contributed by atoms with Crippen LogP contribution in [0.25, 0.3) is 0 Å². The number of nitrogens with zero attached hydrogens (tertiary/aromatic N) is 1. The number of benzene rings is 2. The molecule has 1 saturated carbocycles. The lowest BCUT2D eigenvalue weighted by molar-refractivity contribution is 0.0697. The van der Waals surface area contributed by atoms with Crippen LogP contribution in [0.15, 0.2) is 59.5 Å². The Kier molecular flexibility index (Phi) is 5.37. The number of carboxylic acids is 1. The lowest BCUT2D eigenvalue weighted by Crippen LogP contribution is -2.12. The number of ether oxygens (including phenoxy) is 2. The third-order valence-electron chi connectivity index (χ3n) is 4.87. The minimum Gasteiger partial charge on any atom is -0.493 e. The van der Waals surface area contributed by atoms with E-state index in [1.807, 2.05) is 18.2 Å². The topological polar surface area (TPSA) is 93.8 Å². The van der Waals surface area contributed by atoms with Gasteiger partial charge in [0.2, 0.25) is 0 Å². The molecule has 2 aromatic carbocycles. The van der Waals surface area contributed by atoms with Crippen LogP contribution < -0.4 is 14.8 Å². The van der Waals surface area contributed by atoms with E-state index in [-0.39, 0.29) is 11.6 Å². The van der Waals surface area contributed by atoms with Crippen LogP contribution in [0.2, 0.25) is 0 Å². The van der Waals surface area contributed by atoms with Crippen molar-refractivity contribution < 1.29 is 23.8 Å². The SMILES string of the molecule is COc1ccc(C(Nc2ccc(C(=O)O)cc2)c2cnco2)cc1OCC1CC1. The second-order valence-corrected chi connectivity index (χ2v) is 7.03. The van der Waals surface area contributed by atoms with Crippen LogP contribution in [0.3, 0.4) is 0 Å². The molecule has 0 spiro atoms. The Morgan fingerprint density at radius 3 is 2.66 bits per heavy atom. The molecule has 1 aliphatic rings. The van der Waals surface area contributed by atoms with Crippen LogP contribution in [-0.2, 0) is 0 Å². The number of rotatable bonds is 9. The normalized spacial score (nSPS) is 14.2. The van der Waals surface area contributed by atoms with Crippen LogP contribution in [0.5, 0.6) is 11.5 Å². The monoisotopic (exact) mass is 394 g/mol. The summed E-state index contributed by atoms with van der Waals surface area (Å²) in [5.74, 6) is 1.65. The molecule has 0 saturated heterocycles. The molecule has 1 fully saturated rings. The van der Waals surface area contributed by atoms with Gasteiger partial charge in [0.15, 0.2) is 23.7 Å². The zero-order valence-electron chi connectivity index (χ0n) is 16.0. The number of carbonyl (C=O) groups is 1. The molecule has 7 heteroatoms. The molecule has 29 heavy (non-hydrogen) atoms. The maximum atomic E-state index is 11.1. The Bertz CT molecular complexity index is 965. The quantitative estimate of drug-likeness (QED) is 0.556. The highest BCUT2D eigenvalue weighted by molar-refractivity contribution is 5.88. The van der Waals surface area contributed by atoms with Crippen molar-refractivity contribution in [2.24, 2.45) is 5.92 Å². The van der Waals surface area contributed by atoms with Crippen LogP contribution in [-0.4, -0.2) is 29.8 Å². The molecule has 1 atom stereocenters. The van der Waals surface area contributed by atoms with Gasteiger partial charge in [-0.25, -0.2) is 9.78 Å². The molecule has 1 aliphatic carbocycles. The van der Waals surface area contributed by atoms with Gasteiger partial charge in [-0.15, -0.1) is 0 Å². The Morgan fingerprint density at radius 1 is 1.24 bits per heavy atom. The predicted octanol–water partition coefficient (Wildman–Crippen LogP) is 4.37. The van der Waals surface area contributed by atoms with Gasteiger partial charge in [-0.2, -0.15) is 0 Å². The summed E-state index contributed by atoms with van der Waals surface area (Å²) in [6.45, 7) is 0.677. The maximum absolute atomic E-state index is 11.1. The van der Waals surface area contributed by atoms with Crippen LogP contribution in [0.1, 0.15) is 40.6 Å². The first kappa shape index (κ1) is 18.9. The molecule has 150 valence electrons. The second-order valence-electron chi connectivity index (χ2n) is 7.03. The third kappa shape index (κ3) is 4.51. The van der Waals surface area contributed by atoms with Crippen LogP contribution in [0.4, 0.5) is 5.69 Å². The fraction of sp³-hybridized carbons (Fsp3) is 0.273. The van der Waals surface area contributed by atoms with E-state index >= 15 is 0 Å². The minimum atomic E-state index is -0.962. The number of nitrogens with one attached hydrogen (secondary N) is 1. The van der Waals surface area contributed by atoms with Crippen LogP contribution in [0, 0.1) is 5.92 Å². The van der Waals surface area contributed by atoms with E-state index in [1.165, 1.54) is 19.2 Å².